The predicted octanol–water partition coefficient (Wildman–Crippen LogP) is 9.10. The highest BCUT2D eigenvalue weighted by molar-refractivity contribution is 6.36. The molecule has 0 N–H and O–H groups in total. The van der Waals surface area contributed by atoms with E-state index in [4.69, 9.17) is 42.0 Å². The number of fused-ring (bicyclic) bond motifs is 1. The fourth-order valence-electron chi connectivity index (χ4n) is 3.99. The Morgan fingerprint density at radius 2 is 1.40 bits per heavy atom. The van der Waals surface area contributed by atoms with Crippen molar-refractivity contribution in [2.24, 2.45) is 0 Å². The van der Waals surface area contributed by atoms with Crippen molar-refractivity contribution in [1.82, 2.24) is 9.97 Å². The largest absolute Gasteiger partial charge is 0.456 e. The summed E-state index contributed by atoms with van der Waals surface area (Å²) >= 11 is 12.5. The van der Waals surface area contributed by atoms with Gasteiger partial charge in [0.25, 0.3) is 0 Å². The number of hydrogen-bond acceptors (Lipinski definition) is 4. The Morgan fingerprint density at radius 3 is 2.14 bits per heavy atom. The molecule has 0 atom stereocenters. The minimum atomic E-state index is 0.444. The topological polar surface area (TPSA) is 52.1 Å². The number of rotatable bonds is 4. The van der Waals surface area contributed by atoms with Gasteiger partial charge in [-0.1, -0.05) is 71.2 Å². The summed E-state index contributed by atoms with van der Waals surface area (Å²) in [7, 11) is 0. The molecular formula is C29H18Cl2N2O2. The van der Waals surface area contributed by atoms with Gasteiger partial charge in [0, 0.05) is 21.7 Å². The molecule has 0 bridgehead atoms. The van der Waals surface area contributed by atoms with E-state index in [1.165, 1.54) is 5.56 Å². The van der Waals surface area contributed by atoms with Gasteiger partial charge in [0.15, 0.2) is 0 Å². The molecule has 0 radical (unpaired) electrons. The third-order valence-corrected chi connectivity index (χ3v) is 6.35. The lowest BCUT2D eigenvalue weighted by molar-refractivity contribution is 0.597. The molecular weight excluding hydrogens is 479 g/mol. The number of furan rings is 1. The molecule has 0 amide bonds. The lowest BCUT2D eigenvalue weighted by Gasteiger charge is -2.05. The molecule has 0 saturated carbocycles. The number of pyridine rings is 1. The average Bonchev–Trinajstić information content (AvgIpc) is 3.52. The minimum absolute atomic E-state index is 0.444. The van der Waals surface area contributed by atoms with Crippen molar-refractivity contribution in [3.8, 4) is 45.4 Å². The highest BCUT2D eigenvalue weighted by Crippen LogP contribution is 2.38. The van der Waals surface area contributed by atoms with Crippen molar-refractivity contribution in [1.29, 1.82) is 0 Å². The summed E-state index contributed by atoms with van der Waals surface area (Å²) < 4.78 is 12.4. The molecule has 6 heteroatoms. The minimum Gasteiger partial charge on any atom is -0.456 e. The van der Waals surface area contributed by atoms with Crippen molar-refractivity contribution in [3.05, 3.63) is 107 Å². The Labute approximate surface area is 211 Å². The molecule has 0 aliphatic carbocycles. The van der Waals surface area contributed by atoms with Crippen LogP contribution in [0.3, 0.4) is 0 Å². The van der Waals surface area contributed by atoms with Crippen LogP contribution in [0.25, 0.3) is 56.6 Å². The standard InChI is InChI=1S/C29H18Cl2N2O2/c1-17-7-9-19(10-8-17)28-33-27-22(16-24(32-29(27)35-28)18-5-3-2-4-6-18)26-14-13-25(34-26)21-12-11-20(30)15-23(21)31/h2-16H,1H3. The first-order chi connectivity index (χ1) is 17.0. The Kier molecular flexibility index (Phi) is 5.40. The van der Waals surface area contributed by atoms with Gasteiger partial charge in [0.1, 0.15) is 17.0 Å². The first-order valence-electron chi connectivity index (χ1n) is 11.0. The zero-order valence-corrected chi connectivity index (χ0v) is 20.1. The van der Waals surface area contributed by atoms with Crippen molar-refractivity contribution in [3.63, 3.8) is 0 Å². The quantitative estimate of drug-likeness (QED) is 0.244. The number of hydrogen-bond donors (Lipinski definition) is 0. The van der Waals surface area contributed by atoms with Crippen molar-refractivity contribution < 1.29 is 8.83 Å². The second-order valence-electron chi connectivity index (χ2n) is 8.25. The number of nitrogens with zero attached hydrogens (tertiary/aromatic N) is 2. The zero-order valence-electron chi connectivity index (χ0n) is 18.6. The lowest BCUT2D eigenvalue weighted by Crippen LogP contribution is -1.87. The molecule has 4 nitrogen and oxygen atoms in total. The van der Waals surface area contributed by atoms with Gasteiger partial charge in [0.05, 0.1) is 16.3 Å². The van der Waals surface area contributed by atoms with Gasteiger partial charge in [-0.05, 0) is 55.5 Å². The summed E-state index contributed by atoms with van der Waals surface area (Å²) in [6.45, 7) is 2.04. The van der Waals surface area contributed by atoms with E-state index in [1.807, 2.05) is 85.8 Å². The molecule has 0 saturated heterocycles. The zero-order chi connectivity index (χ0) is 23.9. The van der Waals surface area contributed by atoms with Crippen LogP contribution in [0.15, 0.2) is 99.8 Å². The summed E-state index contributed by atoms with van der Waals surface area (Å²) in [5.74, 6) is 1.78. The Bertz CT molecular complexity index is 1670. The highest BCUT2D eigenvalue weighted by atomic mass is 35.5. The molecule has 0 aliphatic rings. The molecule has 35 heavy (non-hydrogen) atoms. The molecule has 0 aliphatic heterocycles. The fraction of sp³-hybridized carbons (Fsp3) is 0.0345. The van der Waals surface area contributed by atoms with Crippen LogP contribution in [0.5, 0.6) is 0 Å². The molecule has 0 fully saturated rings. The molecule has 3 aromatic carbocycles. The van der Waals surface area contributed by atoms with Crippen LogP contribution in [-0.2, 0) is 0 Å². The monoisotopic (exact) mass is 496 g/mol. The summed E-state index contributed by atoms with van der Waals surface area (Å²) in [6, 6.07) is 29.1. The van der Waals surface area contributed by atoms with Crippen LogP contribution in [0.2, 0.25) is 10.0 Å². The van der Waals surface area contributed by atoms with Crippen molar-refractivity contribution in [2.45, 2.75) is 6.92 Å². The van der Waals surface area contributed by atoms with E-state index in [2.05, 4.69) is 0 Å². The van der Waals surface area contributed by atoms with E-state index in [0.29, 0.717) is 38.7 Å². The van der Waals surface area contributed by atoms with Crippen LogP contribution < -0.4 is 0 Å². The van der Waals surface area contributed by atoms with E-state index >= 15 is 0 Å². The van der Waals surface area contributed by atoms with E-state index in [0.717, 1.165) is 27.9 Å². The molecule has 0 spiro atoms. The van der Waals surface area contributed by atoms with Crippen LogP contribution in [0.4, 0.5) is 0 Å². The maximum absolute atomic E-state index is 6.42. The summed E-state index contributed by atoms with van der Waals surface area (Å²) in [6.07, 6.45) is 0. The fourth-order valence-corrected chi connectivity index (χ4v) is 4.49. The van der Waals surface area contributed by atoms with E-state index < -0.39 is 0 Å². The first kappa shape index (κ1) is 21.7. The van der Waals surface area contributed by atoms with Crippen LogP contribution in [-0.4, -0.2) is 9.97 Å². The second-order valence-corrected chi connectivity index (χ2v) is 9.09. The van der Waals surface area contributed by atoms with Gasteiger partial charge in [-0.2, -0.15) is 0 Å². The van der Waals surface area contributed by atoms with Crippen LogP contribution >= 0.6 is 23.2 Å². The van der Waals surface area contributed by atoms with E-state index in [9.17, 15) is 0 Å². The SMILES string of the molecule is Cc1ccc(-c2nc3c(-c4ccc(-c5ccc(Cl)cc5Cl)o4)cc(-c4ccccc4)nc3o2)cc1. The van der Waals surface area contributed by atoms with Gasteiger partial charge in [-0.25, -0.2) is 9.97 Å². The number of aryl methyl sites for hydroxylation is 1. The van der Waals surface area contributed by atoms with Gasteiger partial charge in [-0.15, -0.1) is 0 Å². The van der Waals surface area contributed by atoms with Gasteiger partial charge >= 0.3 is 0 Å². The van der Waals surface area contributed by atoms with Gasteiger partial charge in [0.2, 0.25) is 11.6 Å². The van der Waals surface area contributed by atoms with E-state index in [1.54, 1.807) is 12.1 Å². The number of oxazole rings is 1. The molecule has 6 aromatic rings. The Hall–Kier alpha value is -3.86. The molecule has 0 unspecified atom stereocenters. The number of benzene rings is 3. The van der Waals surface area contributed by atoms with Crippen molar-refractivity contribution >= 4 is 34.4 Å². The Morgan fingerprint density at radius 1 is 0.657 bits per heavy atom. The van der Waals surface area contributed by atoms with Crippen LogP contribution in [0, 0.1) is 6.92 Å². The summed E-state index contributed by atoms with van der Waals surface area (Å²) in [5.41, 5.74) is 6.40. The highest BCUT2D eigenvalue weighted by Gasteiger charge is 2.20. The normalized spacial score (nSPS) is 11.3. The molecule has 6 rings (SSSR count). The lowest BCUT2D eigenvalue weighted by atomic mass is 10.1. The number of halogens is 2. The molecule has 3 aromatic heterocycles. The average molecular weight is 497 g/mol. The second kappa shape index (κ2) is 8.73. The number of aromatic nitrogens is 2. The maximum atomic E-state index is 6.42. The molecule has 170 valence electrons. The first-order valence-corrected chi connectivity index (χ1v) is 11.8. The Balaban J connectivity index is 1.53. The summed E-state index contributed by atoms with van der Waals surface area (Å²) in [4.78, 5) is 9.58. The van der Waals surface area contributed by atoms with Crippen molar-refractivity contribution in [2.75, 3.05) is 0 Å². The molecule has 3 heterocycles. The van der Waals surface area contributed by atoms with Gasteiger partial charge in [-0.3, -0.25) is 0 Å². The predicted molar refractivity (Wildman–Crippen MR) is 141 cm³/mol. The third kappa shape index (κ3) is 4.12. The summed E-state index contributed by atoms with van der Waals surface area (Å²) in [5, 5.41) is 1.09. The van der Waals surface area contributed by atoms with E-state index in [-0.39, 0.29) is 0 Å². The van der Waals surface area contributed by atoms with Gasteiger partial charge < -0.3 is 8.83 Å². The third-order valence-electron chi connectivity index (χ3n) is 5.80. The van der Waals surface area contributed by atoms with Crippen LogP contribution in [0.1, 0.15) is 5.56 Å². The smallest absolute Gasteiger partial charge is 0.248 e. The maximum Gasteiger partial charge on any atom is 0.248 e.